The summed E-state index contributed by atoms with van der Waals surface area (Å²) in [5.74, 6) is 1.48. The number of nitrogens with one attached hydrogen (secondary N) is 1. The van der Waals surface area contributed by atoms with Crippen LogP contribution in [0.1, 0.15) is 63.1 Å². The number of carbonyl (C=O) groups is 1. The zero-order chi connectivity index (χ0) is 25.5. The van der Waals surface area contributed by atoms with E-state index in [1.54, 1.807) is 19.5 Å². The highest BCUT2D eigenvalue weighted by atomic mass is 16.6. The maximum atomic E-state index is 12.2. The van der Waals surface area contributed by atoms with E-state index in [0.717, 1.165) is 46.6 Å². The highest BCUT2D eigenvalue weighted by Crippen LogP contribution is 2.36. The summed E-state index contributed by atoms with van der Waals surface area (Å²) in [6.45, 7) is 5.52. The predicted octanol–water partition coefficient (Wildman–Crippen LogP) is 7.35. The number of carbonyl (C=O) groups excluding carboxylic acids is 1. The molecule has 1 saturated carbocycles. The number of hydrogen-bond donors (Lipinski definition) is 1. The number of pyridine rings is 1. The van der Waals surface area contributed by atoms with Gasteiger partial charge in [-0.1, -0.05) is 18.2 Å². The average molecular weight is 487 g/mol. The zero-order valence-corrected chi connectivity index (χ0v) is 21.4. The maximum Gasteiger partial charge on any atom is 0.412 e. The Morgan fingerprint density at radius 2 is 1.61 bits per heavy atom. The number of methoxy groups -OCH3 is 1. The van der Waals surface area contributed by atoms with Crippen LogP contribution in [0, 0.1) is 0 Å². The maximum absolute atomic E-state index is 12.2. The van der Waals surface area contributed by atoms with Crippen molar-refractivity contribution in [1.82, 2.24) is 4.98 Å². The van der Waals surface area contributed by atoms with Crippen LogP contribution in [-0.2, 0) is 4.74 Å². The minimum Gasteiger partial charge on any atom is -0.493 e. The summed E-state index contributed by atoms with van der Waals surface area (Å²) in [5, 5.41) is 2.79. The van der Waals surface area contributed by atoms with E-state index in [4.69, 9.17) is 14.2 Å². The van der Waals surface area contributed by atoms with Crippen molar-refractivity contribution in [2.45, 2.75) is 58.2 Å². The molecule has 188 valence electrons. The number of ether oxygens (including phenoxy) is 3. The summed E-state index contributed by atoms with van der Waals surface area (Å²) >= 11 is 0. The minimum absolute atomic E-state index is 0.222. The molecule has 2 aromatic carbocycles. The summed E-state index contributed by atoms with van der Waals surface area (Å²) in [6.07, 6.45) is 9.96. The van der Waals surface area contributed by atoms with Crippen LogP contribution < -0.4 is 14.8 Å². The molecule has 6 nitrogen and oxygen atoms in total. The third-order valence-electron chi connectivity index (χ3n) is 5.93. The molecule has 6 heteroatoms. The molecule has 4 rings (SSSR count). The molecule has 1 N–H and O–H groups in total. The second-order valence-electron chi connectivity index (χ2n) is 9.93. The summed E-state index contributed by atoms with van der Waals surface area (Å²) in [6, 6.07) is 17.7. The Balaban J connectivity index is 1.66. The van der Waals surface area contributed by atoms with E-state index >= 15 is 0 Å². The molecule has 1 fully saturated rings. The van der Waals surface area contributed by atoms with Gasteiger partial charge in [0.15, 0.2) is 11.5 Å². The quantitative estimate of drug-likeness (QED) is 0.378. The van der Waals surface area contributed by atoms with Gasteiger partial charge in [-0.15, -0.1) is 0 Å². The predicted molar refractivity (Wildman–Crippen MR) is 143 cm³/mol. The number of benzene rings is 2. The van der Waals surface area contributed by atoms with Crippen LogP contribution in [0.4, 0.5) is 10.5 Å². The largest absolute Gasteiger partial charge is 0.493 e. The van der Waals surface area contributed by atoms with Crippen LogP contribution >= 0.6 is 0 Å². The first-order valence-electron chi connectivity index (χ1n) is 12.4. The normalized spacial score (nSPS) is 14.4. The second kappa shape index (κ2) is 11.3. The van der Waals surface area contributed by atoms with Crippen LogP contribution in [0.15, 0.2) is 67.0 Å². The third-order valence-corrected chi connectivity index (χ3v) is 5.93. The summed E-state index contributed by atoms with van der Waals surface area (Å²) < 4.78 is 17.3. The molecule has 0 radical (unpaired) electrons. The van der Waals surface area contributed by atoms with Crippen LogP contribution in [0.25, 0.3) is 11.6 Å². The lowest BCUT2D eigenvalue weighted by Gasteiger charge is -2.20. The van der Waals surface area contributed by atoms with Gasteiger partial charge in [-0.2, -0.15) is 0 Å². The Labute approximate surface area is 213 Å². The number of nitrogens with zero attached hydrogens (tertiary/aromatic N) is 1. The van der Waals surface area contributed by atoms with Gasteiger partial charge in [0.1, 0.15) is 5.60 Å². The Morgan fingerprint density at radius 3 is 2.25 bits per heavy atom. The van der Waals surface area contributed by atoms with Gasteiger partial charge in [-0.3, -0.25) is 10.3 Å². The van der Waals surface area contributed by atoms with Crippen molar-refractivity contribution in [3.05, 3.63) is 83.7 Å². The molecule has 0 atom stereocenters. The first kappa shape index (κ1) is 25.3. The van der Waals surface area contributed by atoms with Crippen molar-refractivity contribution in [3.8, 4) is 11.5 Å². The van der Waals surface area contributed by atoms with Gasteiger partial charge in [0.05, 0.1) is 13.2 Å². The molecule has 0 spiro atoms. The fraction of sp³-hybridized carbons (Fsp3) is 0.333. The lowest BCUT2D eigenvalue weighted by molar-refractivity contribution is 0.0636. The molecule has 0 saturated heterocycles. The topological polar surface area (TPSA) is 69.7 Å². The smallest absolute Gasteiger partial charge is 0.412 e. The lowest BCUT2D eigenvalue weighted by atomic mass is 9.95. The number of rotatable bonds is 7. The molecule has 3 aromatic rings. The van der Waals surface area contributed by atoms with Crippen molar-refractivity contribution in [3.63, 3.8) is 0 Å². The molecule has 1 aliphatic carbocycles. The Hall–Kier alpha value is -3.80. The molecule has 0 unspecified atom stereocenters. The number of hydrogen-bond acceptors (Lipinski definition) is 5. The SMILES string of the molecule is COc1ccc(/C(=C/c2ccncc2)c2ccc(NC(=O)OC(C)(C)C)cc2)cc1OC1CCCC1. The van der Waals surface area contributed by atoms with Crippen molar-refractivity contribution >= 4 is 23.4 Å². The Morgan fingerprint density at radius 1 is 0.944 bits per heavy atom. The van der Waals surface area contributed by atoms with E-state index in [-0.39, 0.29) is 6.10 Å². The van der Waals surface area contributed by atoms with Gasteiger partial charge in [0, 0.05) is 18.1 Å². The van der Waals surface area contributed by atoms with E-state index in [9.17, 15) is 4.79 Å². The van der Waals surface area contributed by atoms with E-state index in [2.05, 4.69) is 22.4 Å². The molecule has 1 heterocycles. The molecular weight excluding hydrogens is 452 g/mol. The summed E-state index contributed by atoms with van der Waals surface area (Å²) in [5.41, 5.74) is 4.16. The fourth-order valence-electron chi connectivity index (χ4n) is 4.24. The Kier molecular flexibility index (Phi) is 7.93. The summed E-state index contributed by atoms with van der Waals surface area (Å²) in [7, 11) is 1.67. The van der Waals surface area contributed by atoms with Crippen molar-refractivity contribution < 1.29 is 19.0 Å². The molecule has 0 bridgehead atoms. The van der Waals surface area contributed by atoms with Crippen LogP contribution in [0.2, 0.25) is 0 Å². The molecule has 0 aliphatic heterocycles. The first-order chi connectivity index (χ1) is 17.3. The molecule has 1 aliphatic rings. The molecule has 1 aromatic heterocycles. The number of aromatic nitrogens is 1. The van der Waals surface area contributed by atoms with Gasteiger partial charge in [0.2, 0.25) is 0 Å². The third kappa shape index (κ3) is 6.87. The van der Waals surface area contributed by atoms with Crippen molar-refractivity contribution in [2.24, 2.45) is 0 Å². The minimum atomic E-state index is -0.558. The summed E-state index contributed by atoms with van der Waals surface area (Å²) in [4.78, 5) is 16.3. The van der Waals surface area contributed by atoms with Gasteiger partial charge in [0.25, 0.3) is 0 Å². The van der Waals surface area contributed by atoms with Crippen molar-refractivity contribution in [2.75, 3.05) is 12.4 Å². The molecule has 36 heavy (non-hydrogen) atoms. The van der Waals surface area contributed by atoms with E-state index < -0.39 is 11.7 Å². The average Bonchev–Trinajstić information content (AvgIpc) is 3.36. The van der Waals surface area contributed by atoms with Crippen molar-refractivity contribution in [1.29, 1.82) is 0 Å². The lowest BCUT2D eigenvalue weighted by Crippen LogP contribution is -2.27. The molecular formula is C30H34N2O4. The van der Waals surface area contributed by atoms with Gasteiger partial charge >= 0.3 is 6.09 Å². The monoisotopic (exact) mass is 486 g/mol. The zero-order valence-electron chi connectivity index (χ0n) is 21.4. The molecule has 1 amide bonds. The van der Waals surface area contributed by atoms with Gasteiger partial charge in [-0.25, -0.2) is 4.79 Å². The van der Waals surface area contributed by atoms with E-state index in [1.165, 1.54) is 12.8 Å². The van der Waals surface area contributed by atoms with Gasteiger partial charge in [-0.05, 0) is 111 Å². The van der Waals surface area contributed by atoms with Gasteiger partial charge < -0.3 is 14.2 Å². The second-order valence-corrected chi connectivity index (χ2v) is 9.93. The number of anilines is 1. The van der Waals surface area contributed by atoms with E-state index in [0.29, 0.717) is 5.69 Å². The highest BCUT2D eigenvalue weighted by Gasteiger charge is 2.20. The standard InChI is InChI=1S/C30H34N2O4/c1-30(2,3)36-29(33)32-24-12-9-22(10-13-24)26(19-21-15-17-31-18-16-21)23-11-14-27(34-4)28(20-23)35-25-7-5-6-8-25/h9-20,25H,5-8H2,1-4H3,(H,32,33)/b26-19+. The van der Waals surface area contributed by atoms with E-state index in [1.807, 2.05) is 69.3 Å². The highest BCUT2D eigenvalue weighted by molar-refractivity contribution is 5.93. The first-order valence-corrected chi connectivity index (χ1v) is 12.4. The van der Waals surface area contributed by atoms with Crippen LogP contribution in [0.5, 0.6) is 11.5 Å². The van der Waals surface area contributed by atoms with Crippen LogP contribution in [-0.4, -0.2) is 29.9 Å². The Bertz CT molecular complexity index is 1190. The fourth-order valence-corrected chi connectivity index (χ4v) is 4.24. The number of amides is 1. The van der Waals surface area contributed by atoms with Crippen LogP contribution in [0.3, 0.4) is 0 Å².